The molecule has 64 valence electrons. The van der Waals surface area contributed by atoms with Gasteiger partial charge in [-0.25, -0.2) is 0 Å². The lowest BCUT2D eigenvalue weighted by Crippen LogP contribution is -2.17. The Kier molecular flexibility index (Phi) is 5.75. The Morgan fingerprint density at radius 1 is 1.64 bits per heavy atom. The molecule has 2 nitrogen and oxygen atoms in total. The Bertz CT molecular complexity index is 130. The van der Waals surface area contributed by atoms with Crippen LogP contribution in [-0.2, 0) is 9.53 Å². The SMILES string of the molecule is C=CC(=O)C(CC)COCC. The normalized spacial score (nSPS) is 12.5. The standard InChI is InChI=1S/C9H16O2/c1-4-8(7-11-6-3)9(10)5-2/h5,8H,2,4,6-7H2,1,3H3. The molecule has 0 aliphatic heterocycles. The summed E-state index contributed by atoms with van der Waals surface area (Å²) in [5, 5.41) is 0. The number of ether oxygens (including phenoxy) is 1. The fourth-order valence-electron chi connectivity index (χ4n) is 0.828. The molecule has 0 rings (SSSR count). The van der Waals surface area contributed by atoms with Gasteiger partial charge < -0.3 is 4.74 Å². The number of carbonyl (C=O) groups excluding carboxylic acids is 1. The van der Waals surface area contributed by atoms with Gasteiger partial charge in [-0.05, 0) is 19.4 Å². The van der Waals surface area contributed by atoms with E-state index < -0.39 is 0 Å². The third kappa shape index (κ3) is 3.94. The number of ketones is 1. The minimum absolute atomic E-state index is 0.00690. The highest BCUT2D eigenvalue weighted by Gasteiger charge is 2.12. The maximum absolute atomic E-state index is 11.1. The molecule has 1 unspecified atom stereocenters. The van der Waals surface area contributed by atoms with E-state index >= 15 is 0 Å². The Labute approximate surface area is 68.2 Å². The molecular formula is C9H16O2. The van der Waals surface area contributed by atoms with E-state index in [-0.39, 0.29) is 11.7 Å². The molecule has 0 saturated heterocycles. The zero-order valence-electron chi connectivity index (χ0n) is 7.30. The molecular weight excluding hydrogens is 140 g/mol. The highest BCUT2D eigenvalue weighted by atomic mass is 16.5. The van der Waals surface area contributed by atoms with E-state index in [0.717, 1.165) is 6.42 Å². The summed E-state index contributed by atoms with van der Waals surface area (Å²) >= 11 is 0. The van der Waals surface area contributed by atoms with Crippen molar-refractivity contribution in [3.63, 3.8) is 0 Å². The summed E-state index contributed by atoms with van der Waals surface area (Å²) in [6.45, 7) is 8.52. The van der Waals surface area contributed by atoms with Crippen molar-refractivity contribution in [3.8, 4) is 0 Å². The van der Waals surface area contributed by atoms with Crippen LogP contribution in [0.15, 0.2) is 12.7 Å². The first-order chi connectivity index (χ1) is 5.26. The highest BCUT2D eigenvalue weighted by Crippen LogP contribution is 2.04. The number of hydrogen-bond acceptors (Lipinski definition) is 2. The van der Waals surface area contributed by atoms with Crippen molar-refractivity contribution in [3.05, 3.63) is 12.7 Å². The zero-order valence-corrected chi connectivity index (χ0v) is 7.30. The molecule has 0 heterocycles. The van der Waals surface area contributed by atoms with Crippen molar-refractivity contribution >= 4 is 5.78 Å². The van der Waals surface area contributed by atoms with Gasteiger partial charge in [0.1, 0.15) is 0 Å². The van der Waals surface area contributed by atoms with Crippen LogP contribution in [0.25, 0.3) is 0 Å². The predicted octanol–water partition coefficient (Wildman–Crippen LogP) is 1.80. The number of rotatable bonds is 6. The summed E-state index contributed by atoms with van der Waals surface area (Å²) in [7, 11) is 0. The third-order valence-corrected chi connectivity index (χ3v) is 1.62. The van der Waals surface area contributed by atoms with Gasteiger partial charge in [0, 0.05) is 12.5 Å². The molecule has 0 aliphatic carbocycles. The van der Waals surface area contributed by atoms with E-state index in [1.165, 1.54) is 6.08 Å². The Morgan fingerprint density at radius 2 is 2.27 bits per heavy atom. The van der Waals surface area contributed by atoms with Crippen LogP contribution in [0, 0.1) is 5.92 Å². The van der Waals surface area contributed by atoms with Gasteiger partial charge in [0.05, 0.1) is 6.61 Å². The number of allylic oxidation sites excluding steroid dienone is 1. The summed E-state index contributed by atoms with van der Waals surface area (Å²) < 4.78 is 5.14. The van der Waals surface area contributed by atoms with Crippen molar-refractivity contribution in [2.24, 2.45) is 5.92 Å². The van der Waals surface area contributed by atoms with Crippen LogP contribution in [0.5, 0.6) is 0 Å². The van der Waals surface area contributed by atoms with E-state index in [2.05, 4.69) is 6.58 Å². The smallest absolute Gasteiger partial charge is 0.160 e. The predicted molar refractivity (Wildman–Crippen MR) is 45.5 cm³/mol. The van der Waals surface area contributed by atoms with Gasteiger partial charge in [0.15, 0.2) is 5.78 Å². The summed E-state index contributed by atoms with van der Waals surface area (Å²) in [6.07, 6.45) is 2.19. The van der Waals surface area contributed by atoms with Crippen molar-refractivity contribution in [1.29, 1.82) is 0 Å². The third-order valence-electron chi connectivity index (χ3n) is 1.62. The second kappa shape index (κ2) is 6.10. The Hall–Kier alpha value is -0.630. The van der Waals surface area contributed by atoms with Crippen molar-refractivity contribution in [2.45, 2.75) is 20.3 Å². The van der Waals surface area contributed by atoms with Gasteiger partial charge in [-0.1, -0.05) is 13.5 Å². The molecule has 0 aromatic heterocycles. The quantitative estimate of drug-likeness (QED) is 0.548. The molecule has 0 amide bonds. The second-order valence-corrected chi connectivity index (χ2v) is 2.37. The molecule has 0 N–H and O–H groups in total. The monoisotopic (exact) mass is 156 g/mol. The highest BCUT2D eigenvalue weighted by molar-refractivity contribution is 5.91. The molecule has 0 radical (unpaired) electrons. The van der Waals surface area contributed by atoms with Crippen LogP contribution in [0.4, 0.5) is 0 Å². The fraction of sp³-hybridized carbons (Fsp3) is 0.667. The van der Waals surface area contributed by atoms with E-state index in [1.807, 2.05) is 13.8 Å². The Morgan fingerprint density at radius 3 is 2.64 bits per heavy atom. The van der Waals surface area contributed by atoms with E-state index in [0.29, 0.717) is 13.2 Å². The minimum atomic E-state index is 0.00690. The van der Waals surface area contributed by atoms with Crippen molar-refractivity contribution in [1.82, 2.24) is 0 Å². The average molecular weight is 156 g/mol. The van der Waals surface area contributed by atoms with E-state index in [1.54, 1.807) is 0 Å². The second-order valence-electron chi connectivity index (χ2n) is 2.37. The van der Waals surface area contributed by atoms with Crippen LogP contribution < -0.4 is 0 Å². The van der Waals surface area contributed by atoms with Gasteiger partial charge in [0.25, 0.3) is 0 Å². The lowest BCUT2D eigenvalue weighted by Gasteiger charge is -2.09. The van der Waals surface area contributed by atoms with E-state index in [9.17, 15) is 4.79 Å². The molecule has 0 spiro atoms. The van der Waals surface area contributed by atoms with E-state index in [4.69, 9.17) is 4.74 Å². The van der Waals surface area contributed by atoms with Crippen LogP contribution in [-0.4, -0.2) is 19.0 Å². The van der Waals surface area contributed by atoms with Gasteiger partial charge in [0.2, 0.25) is 0 Å². The summed E-state index contributed by atoms with van der Waals surface area (Å²) in [5.74, 6) is 0.0911. The van der Waals surface area contributed by atoms with Gasteiger partial charge in [-0.3, -0.25) is 4.79 Å². The largest absolute Gasteiger partial charge is 0.381 e. The molecule has 1 atom stereocenters. The first-order valence-electron chi connectivity index (χ1n) is 4.00. The number of hydrogen-bond donors (Lipinski definition) is 0. The van der Waals surface area contributed by atoms with Gasteiger partial charge >= 0.3 is 0 Å². The fourth-order valence-corrected chi connectivity index (χ4v) is 0.828. The lowest BCUT2D eigenvalue weighted by atomic mass is 10.0. The van der Waals surface area contributed by atoms with Crippen LogP contribution in [0.2, 0.25) is 0 Å². The maximum Gasteiger partial charge on any atom is 0.160 e. The first kappa shape index (κ1) is 10.4. The number of carbonyl (C=O) groups is 1. The lowest BCUT2D eigenvalue weighted by molar-refractivity contribution is -0.120. The Balaban J connectivity index is 3.74. The molecule has 0 aromatic rings. The molecule has 2 heteroatoms. The molecule has 0 aliphatic rings. The average Bonchev–Trinajstić information content (AvgIpc) is 2.05. The maximum atomic E-state index is 11.1. The van der Waals surface area contributed by atoms with Gasteiger partial charge in [-0.15, -0.1) is 0 Å². The van der Waals surface area contributed by atoms with Gasteiger partial charge in [-0.2, -0.15) is 0 Å². The topological polar surface area (TPSA) is 26.3 Å². The van der Waals surface area contributed by atoms with Crippen LogP contribution >= 0.6 is 0 Å². The van der Waals surface area contributed by atoms with Crippen LogP contribution in [0.1, 0.15) is 20.3 Å². The molecule has 0 aromatic carbocycles. The molecule has 0 saturated carbocycles. The zero-order chi connectivity index (χ0) is 8.69. The first-order valence-corrected chi connectivity index (χ1v) is 4.00. The molecule has 0 bridgehead atoms. The summed E-state index contributed by atoms with van der Waals surface area (Å²) in [4.78, 5) is 11.1. The molecule has 11 heavy (non-hydrogen) atoms. The van der Waals surface area contributed by atoms with Crippen molar-refractivity contribution < 1.29 is 9.53 Å². The van der Waals surface area contributed by atoms with Crippen molar-refractivity contribution in [2.75, 3.05) is 13.2 Å². The summed E-state index contributed by atoms with van der Waals surface area (Å²) in [5.41, 5.74) is 0. The summed E-state index contributed by atoms with van der Waals surface area (Å²) in [6, 6.07) is 0. The minimum Gasteiger partial charge on any atom is -0.381 e. The molecule has 0 fully saturated rings. The van der Waals surface area contributed by atoms with Crippen LogP contribution in [0.3, 0.4) is 0 Å².